The van der Waals surface area contributed by atoms with Gasteiger partial charge in [-0.1, -0.05) is 6.92 Å². The molecule has 0 aromatic carbocycles. The molecular formula is C16H28N6O2. The molecule has 2 rings (SSSR count). The summed E-state index contributed by atoms with van der Waals surface area (Å²) in [6.45, 7) is 7.18. The van der Waals surface area contributed by atoms with Gasteiger partial charge in [0.25, 0.3) is 0 Å². The monoisotopic (exact) mass is 336 g/mol. The molecule has 0 radical (unpaired) electrons. The quantitative estimate of drug-likeness (QED) is 0.597. The zero-order valence-electron chi connectivity index (χ0n) is 14.5. The largest absolute Gasteiger partial charge is 0.450 e. The number of carbonyl (C=O) groups is 1. The van der Waals surface area contributed by atoms with Crippen LogP contribution in [0, 0.1) is 5.92 Å². The summed E-state index contributed by atoms with van der Waals surface area (Å²) >= 11 is 0. The van der Waals surface area contributed by atoms with Crippen LogP contribution in [-0.2, 0) is 11.3 Å². The van der Waals surface area contributed by atoms with Crippen LogP contribution in [0.4, 0.5) is 4.79 Å². The van der Waals surface area contributed by atoms with E-state index in [0.29, 0.717) is 38.1 Å². The molecule has 0 saturated carbocycles. The predicted molar refractivity (Wildman–Crippen MR) is 92.6 cm³/mol. The average Bonchev–Trinajstić information content (AvgIpc) is 3.07. The van der Waals surface area contributed by atoms with Crippen molar-refractivity contribution in [1.82, 2.24) is 20.0 Å². The highest BCUT2D eigenvalue weighted by Gasteiger charge is 2.23. The summed E-state index contributed by atoms with van der Waals surface area (Å²) in [7, 11) is 0. The van der Waals surface area contributed by atoms with E-state index in [9.17, 15) is 4.79 Å². The van der Waals surface area contributed by atoms with Crippen LogP contribution in [0.1, 0.15) is 26.7 Å². The zero-order valence-corrected chi connectivity index (χ0v) is 14.5. The lowest BCUT2D eigenvalue weighted by molar-refractivity contribution is 0.0963. The number of carbonyl (C=O) groups excluding carboxylic acids is 1. The van der Waals surface area contributed by atoms with Gasteiger partial charge in [-0.3, -0.25) is 9.67 Å². The highest BCUT2D eigenvalue weighted by molar-refractivity contribution is 5.78. The summed E-state index contributed by atoms with van der Waals surface area (Å²) in [4.78, 5) is 17.8. The molecule has 1 amide bonds. The number of hydrogen-bond donors (Lipinski definition) is 2. The van der Waals surface area contributed by atoms with E-state index in [0.717, 1.165) is 19.4 Å². The third kappa shape index (κ3) is 5.75. The minimum atomic E-state index is -0.231. The fraction of sp³-hybridized carbons (Fsp3) is 0.688. The fourth-order valence-electron chi connectivity index (χ4n) is 2.72. The number of amides is 1. The Morgan fingerprint density at radius 2 is 2.25 bits per heavy atom. The number of nitrogens with one attached hydrogen (secondary N) is 1. The van der Waals surface area contributed by atoms with Gasteiger partial charge in [-0.15, -0.1) is 0 Å². The summed E-state index contributed by atoms with van der Waals surface area (Å²) in [6.07, 6.45) is 5.17. The summed E-state index contributed by atoms with van der Waals surface area (Å²) in [5, 5.41) is 7.44. The molecule has 1 fully saturated rings. The van der Waals surface area contributed by atoms with Gasteiger partial charge in [-0.2, -0.15) is 5.10 Å². The molecule has 1 aromatic rings. The van der Waals surface area contributed by atoms with Gasteiger partial charge in [-0.05, 0) is 31.7 Å². The number of likely N-dealkylation sites (tertiary alicyclic amines) is 1. The number of guanidine groups is 1. The minimum absolute atomic E-state index is 0.231. The molecule has 24 heavy (non-hydrogen) atoms. The van der Waals surface area contributed by atoms with Crippen LogP contribution in [0.15, 0.2) is 23.5 Å². The first-order chi connectivity index (χ1) is 11.6. The first kappa shape index (κ1) is 18.1. The summed E-state index contributed by atoms with van der Waals surface area (Å²) in [5.74, 6) is 0.827. The number of nitrogens with zero attached hydrogens (tertiary/aromatic N) is 4. The summed E-state index contributed by atoms with van der Waals surface area (Å²) in [6, 6.07) is 2.16. The molecule has 1 aromatic heterocycles. The molecule has 1 aliphatic rings. The van der Waals surface area contributed by atoms with E-state index in [4.69, 9.17) is 10.5 Å². The Morgan fingerprint density at radius 1 is 1.50 bits per heavy atom. The topological polar surface area (TPSA) is 97.8 Å². The van der Waals surface area contributed by atoms with Crippen LogP contribution in [0.3, 0.4) is 0 Å². The number of ether oxygens (including phenoxy) is 1. The van der Waals surface area contributed by atoms with E-state index in [-0.39, 0.29) is 12.1 Å². The standard InChI is InChI=1S/C16H28N6O2/c1-3-24-16(23)21-9-5-14(6-10-21)20-15(17)18-11-13(2)12-22-8-4-7-19-22/h4,7-8,13-14H,3,5-6,9-12H2,1-2H3,(H3,17,18,20). The molecule has 1 unspecified atom stereocenters. The van der Waals surface area contributed by atoms with Crippen LogP contribution < -0.4 is 11.1 Å². The number of aromatic nitrogens is 2. The second-order valence-electron chi connectivity index (χ2n) is 6.16. The van der Waals surface area contributed by atoms with Gasteiger partial charge >= 0.3 is 6.09 Å². The fourth-order valence-corrected chi connectivity index (χ4v) is 2.72. The van der Waals surface area contributed by atoms with Crippen molar-refractivity contribution < 1.29 is 9.53 Å². The van der Waals surface area contributed by atoms with E-state index in [1.165, 1.54) is 0 Å². The Morgan fingerprint density at radius 3 is 2.88 bits per heavy atom. The van der Waals surface area contributed by atoms with Gasteiger partial charge < -0.3 is 20.7 Å². The van der Waals surface area contributed by atoms with Crippen molar-refractivity contribution in [2.75, 3.05) is 26.2 Å². The maximum Gasteiger partial charge on any atom is 0.409 e. The molecule has 8 nitrogen and oxygen atoms in total. The molecular weight excluding hydrogens is 308 g/mol. The lowest BCUT2D eigenvalue weighted by Crippen LogP contribution is -2.48. The Hall–Kier alpha value is -2.25. The van der Waals surface area contributed by atoms with Crippen LogP contribution in [-0.4, -0.2) is 59.0 Å². The molecule has 0 bridgehead atoms. The van der Waals surface area contributed by atoms with Gasteiger partial charge in [0.15, 0.2) is 5.96 Å². The van der Waals surface area contributed by atoms with Gasteiger partial charge in [0.1, 0.15) is 0 Å². The summed E-state index contributed by atoms with van der Waals surface area (Å²) < 4.78 is 6.91. The molecule has 0 aliphatic carbocycles. The van der Waals surface area contributed by atoms with Gasteiger partial charge in [-0.25, -0.2) is 4.79 Å². The first-order valence-corrected chi connectivity index (χ1v) is 8.54. The maximum absolute atomic E-state index is 11.7. The average molecular weight is 336 g/mol. The van der Waals surface area contributed by atoms with E-state index in [2.05, 4.69) is 22.3 Å². The predicted octanol–water partition coefficient (Wildman–Crippen LogP) is 1.04. The van der Waals surface area contributed by atoms with Crippen molar-refractivity contribution in [3.8, 4) is 0 Å². The van der Waals surface area contributed by atoms with Gasteiger partial charge in [0, 0.05) is 44.6 Å². The number of aliphatic imine (C=N–C) groups is 1. The Labute approximate surface area is 143 Å². The third-order valence-electron chi connectivity index (χ3n) is 4.00. The highest BCUT2D eigenvalue weighted by atomic mass is 16.6. The molecule has 2 heterocycles. The number of piperidine rings is 1. The van der Waals surface area contributed by atoms with Crippen LogP contribution in [0.2, 0.25) is 0 Å². The Balaban J connectivity index is 1.68. The van der Waals surface area contributed by atoms with E-state index in [1.54, 1.807) is 11.1 Å². The van der Waals surface area contributed by atoms with Crippen molar-refractivity contribution in [2.45, 2.75) is 39.3 Å². The Bertz CT molecular complexity index is 523. The molecule has 0 spiro atoms. The van der Waals surface area contributed by atoms with Crippen molar-refractivity contribution in [3.63, 3.8) is 0 Å². The first-order valence-electron chi connectivity index (χ1n) is 8.54. The summed E-state index contributed by atoms with van der Waals surface area (Å²) in [5.41, 5.74) is 5.98. The number of hydrogen-bond acceptors (Lipinski definition) is 4. The smallest absolute Gasteiger partial charge is 0.409 e. The number of rotatable bonds is 6. The van der Waals surface area contributed by atoms with Crippen molar-refractivity contribution in [2.24, 2.45) is 16.6 Å². The third-order valence-corrected chi connectivity index (χ3v) is 4.00. The van der Waals surface area contributed by atoms with Gasteiger partial charge in [0.2, 0.25) is 0 Å². The van der Waals surface area contributed by atoms with Crippen LogP contribution >= 0.6 is 0 Å². The molecule has 1 saturated heterocycles. The van der Waals surface area contributed by atoms with Crippen molar-refractivity contribution in [3.05, 3.63) is 18.5 Å². The SMILES string of the molecule is CCOC(=O)N1CCC(NC(N)=NCC(C)Cn2cccn2)CC1. The zero-order chi connectivity index (χ0) is 17.4. The second kappa shape index (κ2) is 9.14. The van der Waals surface area contributed by atoms with E-state index in [1.807, 2.05) is 23.9 Å². The van der Waals surface area contributed by atoms with Crippen molar-refractivity contribution in [1.29, 1.82) is 0 Å². The normalized spacial score (nSPS) is 17.6. The van der Waals surface area contributed by atoms with Gasteiger partial charge in [0.05, 0.1) is 6.61 Å². The molecule has 1 aliphatic heterocycles. The molecule has 134 valence electrons. The minimum Gasteiger partial charge on any atom is -0.450 e. The number of nitrogens with two attached hydrogens (primary N) is 1. The highest BCUT2D eigenvalue weighted by Crippen LogP contribution is 2.11. The molecule has 8 heteroatoms. The maximum atomic E-state index is 11.7. The van der Waals surface area contributed by atoms with Crippen LogP contribution in [0.5, 0.6) is 0 Å². The molecule has 1 atom stereocenters. The van der Waals surface area contributed by atoms with E-state index < -0.39 is 0 Å². The Kier molecular flexibility index (Phi) is 6.89. The van der Waals surface area contributed by atoms with Crippen molar-refractivity contribution >= 4 is 12.1 Å². The lowest BCUT2D eigenvalue weighted by atomic mass is 10.1. The van der Waals surface area contributed by atoms with Crippen LogP contribution in [0.25, 0.3) is 0 Å². The van der Waals surface area contributed by atoms with E-state index >= 15 is 0 Å². The molecule has 3 N–H and O–H groups in total. The second-order valence-corrected chi connectivity index (χ2v) is 6.16. The lowest BCUT2D eigenvalue weighted by Gasteiger charge is -2.31.